The van der Waals surface area contributed by atoms with Crippen molar-refractivity contribution in [3.8, 4) is 0 Å². The van der Waals surface area contributed by atoms with E-state index in [9.17, 15) is 4.79 Å². The first-order valence-electron chi connectivity index (χ1n) is 7.57. The van der Waals surface area contributed by atoms with E-state index >= 15 is 0 Å². The van der Waals surface area contributed by atoms with E-state index in [0.29, 0.717) is 34.4 Å². The van der Waals surface area contributed by atoms with Crippen molar-refractivity contribution in [2.75, 3.05) is 13.6 Å². The van der Waals surface area contributed by atoms with Gasteiger partial charge in [-0.05, 0) is 43.8 Å². The van der Waals surface area contributed by atoms with Crippen molar-refractivity contribution in [1.82, 2.24) is 14.5 Å². The van der Waals surface area contributed by atoms with Crippen LogP contribution in [0.25, 0.3) is 11.2 Å². The van der Waals surface area contributed by atoms with E-state index in [1.807, 2.05) is 19.2 Å². The maximum absolute atomic E-state index is 12.0. The number of fused-ring (bicyclic) bond motifs is 1. The summed E-state index contributed by atoms with van der Waals surface area (Å²) in [6.45, 7) is 3.18. The van der Waals surface area contributed by atoms with E-state index in [1.54, 1.807) is 29.0 Å². The Morgan fingerprint density at radius 2 is 2.12 bits per heavy atom. The molecule has 0 aliphatic heterocycles. The summed E-state index contributed by atoms with van der Waals surface area (Å²) in [5.74, 6) is -0.394. The molecule has 0 aliphatic rings. The average Bonchev–Trinajstić information content (AvgIpc) is 2.87. The maximum atomic E-state index is 12.0. The first-order valence-corrected chi connectivity index (χ1v) is 8.32. The van der Waals surface area contributed by atoms with Crippen LogP contribution in [0.4, 0.5) is 0 Å². The van der Waals surface area contributed by atoms with Crippen LogP contribution in [-0.4, -0.2) is 28.0 Å². The van der Waals surface area contributed by atoms with Gasteiger partial charge in [-0.15, -0.1) is 0 Å². The maximum Gasteiger partial charge on any atom is 0.421 e. The molecule has 126 valence electrons. The Bertz CT molecular complexity index is 920. The van der Waals surface area contributed by atoms with Crippen LogP contribution >= 0.6 is 23.2 Å². The third kappa shape index (κ3) is 3.34. The van der Waals surface area contributed by atoms with E-state index < -0.39 is 5.76 Å². The molecule has 0 saturated heterocycles. The summed E-state index contributed by atoms with van der Waals surface area (Å²) in [6.07, 6.45) is 1.65. The number of aromatic nitrogens is 2. The molecule has 0 aliphatic carbocycles. The fourth-order valence-electron chi connectivity index (χ4n) is 2.63. The predicted octanol–water partition coefficient (Wildman–Crippen LogP) is 3.99. The molecule has 0 spiro atoms. The van der Waals surface area contributed by atoms with Gasteiger partial charge in [-0.3, -0.25) is 9.47 Å². The molecule has 1 aromatic carbocycles. The van der Waals surface area contributed by atoms with Crippen molar-refractivity contribution in [3.63, 3.8) is 0 Å². The van der Waals surface area contributed by atoms with Crippen LogP contribution in [0.2, 0.25) is 10.0 Å². The Morgan fingerprint density at radius 3 is 2.88 bits per heavy atom. The standard InChI is InChI=1S/C17H17Cl2N3O2/c1-11(13-6-5-12(18)10-14(13)19)21(2)8-9-22-16-15(24-17(22)23)4-3-7-20-16/h3-7,10-11H,8-9H2,1-2H3/t11-/m0/s1. The van der Waals surface area contributed by atoms with Gasteiger partial charge in [0.05, 0.1) is 0 Å². The summed E-state index contributed by atoms with van der Waals surface area (Å²) in [4.78, 5) is 18.3. The number of halogens is 2. The van der Waals surface area contributed by atoms with Crippen LogP contribution in [0.15, 0.2) is 45.7 Å². The molecule has 0 unspecified atom stereocenters. The highest BCUT2D eigenvalue weighted by Crippen LogP contribution is 2.29. The zero-order valence-corrected chi connectivity index (χ0v) is 14.9. The normalized spacial score (nSPS) is 12.9. The lowest BCUT2D eigenvalue weighted by Gasteiger charge is -2.25. The summed E-state index contributed by atoms with van der Waals surface area (Å²) in [7, 11) is 1.98. The van der Waals surface area contributed by atoms with Gasteiger partial charge in [0.15, 0.2) is 11.2 Å². The number of likely N-dealkylation sites (N-methyl/N-ethyl adjacent to an activating group) is 1. The Morgan fingerprint density at radius 1 is 1.33 bits per heavy atom. The number of pyridine rings is 1. The fraction of sp³-hybridized carbons (Fsp3) is 0.294. The molecule has 3 rings (SSSR count). The van der Waals surface area contributed by atoms with Crippen LogP contribution in [0, 0.1) is 0 Å². The molecule has 0 saturated carbocycles. The minimum Gasteiger partial charge on any atom is -0.406 e. The summed E-state index contributed by atoms with van der Waals surface area (Å²) in [6, 6.07) is 9.04. The molecule has 2 heterocycles. The molecule has 24 heavy (non-hydrogen) atoms. The van der Waals surface area contributed by atoms with Crippen LogP contribution in [0.5, 0.6) is 0 Å². The molecule has 0 radical (unpaired) electrons. The van der Waals surface area contributed by atoms with Gasteiger partial charge in [0, 0.05) is 35.4 Å². The number of benzene rings is 1. The van der Waals surface area contributed by atoms with Crippen LogP contribution < -0.4 is 5.76 Å². The highest BCUT2D eigenvalue weighted by atomic mass is 35.5. The first-order chi connectivity index (χ1) is 11.5. The number of nitrogens with zero attached hydrogens (tertiary/aromatic N) is 3. The van der Waals surface area contributed by atoms with Gasteiger partial charge >= 0.3 is 5.76 Å². The lowest BCUT2D eigenvalue weighted by atomic mass is 10.1. The zero-order valence-electron chi connectivity index (χ0n) is 13.4. The van der Waals surface area contributed by atoms with Gasteiger partial charge in [0.2, 0.25) is 0 Å². The third-order valence-electron chi connectivity index (χ3n) is 4.17. The molecule has 0 fully saturated rings. The summed E-state index contributed by atoms with van der Waals surface area (Å²) in [5, 5.41) is 1.25. The fourth-order valence-corrected chi connectivity index (χ4v) is 3.19. The third-order valence-corrected chi connectivity index (χ3v) is 4.74. The quantitative estimate of drug-likeness (QED) is 0.685. The van der Waals surface area contributed by atoms with Crippen molar-refractivity contribution >= 4 is 34.4 Å². The topological polar surface area (TPSA) is 51.3 Å². The van der Waals surface area contributed by atoms with Crippen LogP contribution in [0.3, 0.4) is 0 Å². The molecular formula is C17H17Cl2N3O2. The van der Waals surface area contributed by atoms with Crippen molar-refractivity contribution in [2.45, 2.75) is 19.5 Å². The van der Waals surface area contributed by atoms with Gasteiger partial charge in [-0.2, -0.15) is 0 Å². The molecular weight excluding hydrogens is 349 g/mol. The molecule has 7 heteroatoms. The molecule has 2 aromatic heterocycles. The highest BCUT2D eigenvalue weighted by Gasteiger charge is 2.16. The Kier molecular flexibility index (Phi) is 4.94. The van der Waals surface area contributed by atoms with Gasteiger partial charge in [0.25, 0.3) is 0 Å². The number of hydrogen-bond donors (Lipinski definition) is 0. The van der Waals surface area contributed by atoms with Gasteiger partial charge in [-0.25, -0.2) is 9.78 Å². The van der Waals surface area contributed by atoms with E-state index in [2.05, 4.69) is 16.8 Å². The summed E-state index contributed by atoms with van der Waals surface area (Å²) in [5.41, 5.74) is 2.05. The summed E-state index contributed by atoms with van der Waals surface area (Å²) >= 11 is 12.2. The van der Waals surface area contributed by atoms with Crippen LogP contribution in [0.1, 0.15) is 18.5 Å². The van der Waals surface area contributed by atoms with E-state index in [1.165, 1.54) is 0 Å². The van der Waals surface area contributed by atoms with Crippen molar-refractivity contribution in [1.29, 1.82) is 0 Å². The molecule has 3 aromatic rings. The Labute approximate surface area is 149 Å². The second-order valence-electron chi connectivity index (χ2n) is 5.67. The van der Waals surface area contributed by atoms with Crippen molar-refractivity contribution in [2.24, 2.45) is 0 Å². The Balaban J connectivity index is 1.76. The average molecular weight is 366 g/mol. The lowest BCUT2D eigenvalue weighted by Crippen LogP contribution is -2.29. The molecule has 1 atom stereocenters. The van der Waals surface area contributed by atoms with Crippen LogP contribution in [-0.2, 0) is 6.54 Å². The molecule has 0 bridgehead atoms. The zero-order chi connectivity index (χ0) is 17.3. The number of hydrogen-bond acceptors (Lipinski definition) is 4. The number of oxazole rings is 1. The Hall–Kier alpha value is -1.82. The van der Waals surface area contributed by atoms with Crippen molar-refractivity contribution in [3.05, 3.63) is 62.7 Å². The monoisotopic (exact) mass is 365 g/mol. The molecule has 0 amide bonds. The van der Waals surface area contributed by atoms with Gasteiger partial charge in [0.1, 0.15) is 0 Å². The second-order valence-corrected chi connectivity index (χ2v) is 6.51. The SMILES string of the molecule is C[C@@H](c1ccc(Cl)cc1Cl)N(C)CCn1c(=O)oc2cccnc21. The molecule has 0 N–H and O–H groups in total. The first kappa shape index (κ1) is 17.0. The van der Waals surface area contributed by atoms with E-state index in [4.69, 9.17) is 27.6 Å². The second kappa shape index (κ2) is 6.97. The molecule has 5 nitrogen and oxygen atoms in total. The van der Waals surface area contributed by atoms with Crippen molar-refractivity contribution < 1.29 is 4.42 Å². The highest BCUT2D eigenvalue weighted by molar-refractivity contribution is 6.35. The van der Waals surface area contributed by atoms with Gasteiger partial charge < -0.3 is 4.42 Å². The minimum absolute atomic E-state index is 0.0802. The van der Waals surface area contributed by atoms with Gasteiger partial charge in [-0.1, -0.05) is 29.3 Å². The largest absolute Gasteiger partial charge is 0.421 e. The van der Waals surface area contributed by atoms with E-state index in [0.717, 1.165) is 5.56 Å². The lowest BCUT2D eigenvalue weighted by molar-refractivity contribution is 0.249. The number of rotatable bonds is 5. The smallest absolute Gasteiger partial charge is 0.406 e. The predicted molar refractivity (Wildman–Crippen MR) is 95.8 cm³/mol. The summed E-state index contributed by atoms with van der Waals surface area (Å²) < 4.78 is 6.74. The van der Waals surface area contributed by atoms with E-state index in [-0.39, 0.29) is 6.04 Å². The minimum atomic E-state index is -0.394.